The van der Waals surface area contributed by atoms with Crippen molar-refractivity contribution in [3.63, 3.8) is 0 Å². The first kappa shape index (κ1) is 25.7. The number of nitrogens with zero attached hydrogens (tertiary/aromatic N) is 3. The first-order valence-electron chi connectivity index (χ1n) is 11.5. The van der Waals surface area contributed by atoms with E-state index in [1.165, 1.54) is 5.56 Å². The van der Waals surface area contributed by atoms with Crippen LogP contribution in [0.5, 0.6) is 0 Å². The van der Waals surface area contributed by atoms with Crippen molar-refractivity contribution >= 4 is 41.0 Å². The van der Waals surface area contributed by atoms with Gasteiger partial charge in [-0.25, -0.2) is 9.98 Å². The number of aliphatic hydroxyl groups excluding tert-OH is 1. The molecule has 0 amide bonds. The van der Waals surface area contributed by atoms with E-state index in [2.05, 4.69) is 50.5 Å². The van der Waals surface area contributed by atoms with Crippen LogP contribution in [0.2, 0.25) is 0 Å². The molecule has 4 aromatic rings. The molecule has 0 saturated carbocycles. The number of fused-ring (bicyclic) bond motifs is 1. The third-order valence-electron chi connectivity index (χ3n) is 5.56. The second-order valence-corrected chi connectivity index (χ2v) is 8.01. The maximum atomic E-state index is 10.3. The van der Waals surface area contributed by atoms with Crippen molar-refractivity contribution in [3.8, 4) is 0 Å². The zero-order chi connectivity index (χ0) is 22.9. The monoisotopic (exact) mass is 569 g/mol. The molecular formula is C27H32IN5O. The molecule has 0 spiro atoms. The molecule has 0 saturated heterocycles. The molecule has 0 bridgehead atoms. The maximum Gasteiger partial charge on any atom is 0.191 e. The van der Waals surface area contributed by atoms with E-state index in [4.69, 9.17) is 4.99 Å². The van der Waals surface area contributed by atoms with Crippen molar-refractivity contribution in [1.82, 2.24) is 20.2 Å². The molecule has 0 aliphatic carbocycles. The fourth-order valence-electron chi connectivity index (χ4n) is 3.76. The Labute approximate surface area is 218 Å². The Morgan fingerprint density at radius 2 is 1.65 bits per heavy atom. The topological polar surface area (TPSA) is 74.5 Å². The van der Waals surface area contributed by atoms with E-state index in [-0.39, 0.29) is 24.0 Å². The molecule has 34 heavy (non-hydrogen) atoms. The van der Waals surface area contributed by atoms with Crippen LogP contribution in [0.25, 0.3) is 11.0 Å². The quantitative estimate of drug-likeness (QED) is 0.153. The van der Waals surface area contributed by atoms with E-state index < -0.39 is 6.10 Å². The van der Waals surface area contributed by atoms with Gasteiger partial charge in [-0.1, -0.05) is 66.7 Å². The summed E-state index contributed by atoms with van der Waals surface area (Å²) in [5.74, 6) is 0.756. The number of benzene rings is 3. The summed E-state index contributed by atoms with van der Waals surface area (Å²) in [4.78, 5) is 9.16. The van der Waals surface area contributed by atoms with Gasteiger partial charge in [-0.2, -0.15) is 0 Å². The van der Waals surface area contributed by atoms with Crippen molar-refractivity contribution in [3.05, 3.63) is 102 Å². The Hall–Kier alpha value is -2.91. The van der Waals surface area contributed by atoms with Crippen LogP contribution in [0.4, 0.5) is 0 Å². The van der Waals surface area contributed by atoms with Gasteiger partial charge < -0.3 is 20.3 Å². The van der Waals surface area contributed by atoms with Crippen LogP contribution in [0.3, 0.4) is 0 Å². The number of aliphatic hydroxyl groups is 1. The number of aliphatic imine (C=N–C) groups is 1. The lowest BCUT2D eigenvalue weighted by molar-refractivity contribution is 0.168. The summed E-state index contributed by atoms with van der Waals surface area (Å²) in [5.41, 5.74) is 5.47. The van der Waals surface area contributed by atoms with Gasteiger partial charge in [0.2, 0.25) is 0 Å². The van der Waals surface area contributed by atoms with Crippen LogP contribution in [-0.4, -0.2) is 33.7 Å². The van der Waals surface area contributed by atoms with E-state index >= 15 is 0 Å². The predicted octanol–water partition coefficient (Wildman–Crippen LogP) is 4.88. The van der Waals surface area contributed by atoms with Crippen LogP contribution in [0.1, 0.15) is 36.1 Å². The molecule has 0 fully saturated rings. The summed E-state index contributed by atoms with van der Waals surface area (Å²) in [7, 11) is 0. The van der Waals surface area contributed by atoms with Gasteiger partial charge in [-0.05, 0) is 42.2 Å². The number of rotatable bonds is 9. The van der Waals surface area contributed by atoms with E-state index in [1.54, 1.807) is 0 Å². The highest BCUT2D eigenvalue weighted by Gasteiger charge is 2.07. The number of imidazole rings is 1. The molecule has 4 rings (SSSR count). The highest BCUT2D eigenvalue weighted by Crippen LogP contribution is 2.16. The highest BCUT2D eigenvalue weighted by molar-refractivity contribution is 14.0. The number of hydrogen-bond donors (Lipinski definition) is 3. The van der Waals surface area contributed by atoms with E-state index in [0.29, 0.717) is 19.5 Å². The smallest absolute Gasteiger partial charge is 0.191 e. The lowest BCUT2D eigenvalue weighted by atomic mass is 10.1. The van der Waals surface area contributed by atoms with Gasteiger partial charge in [0, 0.05) is 19.6 Å². The van der Waals surface area contributed by atoms with Gasteiger partial charge >= 0.3 is 0 Å². The van der Waals surface area contributed by atoms with Crippen LogP contribution < -0.4 is 10.6 Å². The molecule has 7 heteroatoms. The van der Waals surface area contributed by atoms with Crippen LogP contribution in [0, 0.1) is 0 Å². The summed E-state index contributed by atoms with van der Waals surface area (Å²) in [6, 6.07) is 26.5. The predicted molar refractivity (Wildman–Crippen MR) is 150 cm³/mol. The lowest BCUT2D eigenvalue weighted by Crippen LogP contribution is -2.38. The summed E-state index contributed by atoms with van der Waals surface area (Å²) in [6.45, 7) is 4.85. The van der Waals surface area contributed by atoms with Crippen molar-refractivity contribution in [2.24, 2.45) is 4.99 Å². The van der Waals surface area contributed by atoms with Crippen LogP contribution >= 0.6 is 24.0 Å². The molecule has 3 aromatic carbocycles. The molecule has 178 valence electrons. The number of guanidine groups is 1. The van der Waals surface area contributed by atoms with Gasteiger partial charge in [0.05, 0.1) is 30.0 Å². The second kappa shape index (κ2) is 13.1. The largest absolute Gasteiger partial charge is 0.388 e. The Morgan fingerprint density at radius 3 is 2.41 bits per heavy atom. The minimum atomic E-state index is -0.485. The minimum absolute atomic E-state index is 0. The average molecular weight is 569 g/mol. The number of aromatic nitrogens is 2. The van der Waals surface area contributed by atoms with Crippen molar-refractivity contribution < 1.29 is 5.11 Å². The van der Waals surface area contributed by atoms with Crippen molar-refractivity contribution in [2.75, 3.05) is 13.1 Å². The summed E-state index contributed by atoms with van der Waals surface area (Å²) < 4.78 is 2.17. The first-order valence-corrected chi connectivity index (χ1v) is 11.5. The Balaban J connectivity index is 0.00000324. The molecule has 1 aromatic heterocycles. The van der Waals surface area contributed by atoms with Gasteiger partial charge in [0.15, 0.2) is 5.96 Å². The standard InChI is InChI=1S/C27H31N5O.HI/c1-2-28-27(29-17-16-26(33)23-8-4-3-5-9-23)30-18-21-12-14-22(15-13-21)19-32-20-31-24-10-6-7-11-25(24)32;/h3-15,20,26,33H,2,16-19H2,1H3,(H2,28,29,30);1H. The first-order chi connectivity index (χ1) is 16.2. The zero-order valence-corrected chi connectivity index (χ0v) is 21.7. The third kappa shape index (κ3) is 7.04. The van der Waals surface area contributed by atoms with E-state index in [9.17, 15) is 5.11 Å². The van der Waals surface area contributed by atoms with Gasteiger partial charge in [0.1, 0.15) is 0 Å². The molecule has 0 aliphatic rings. The Kier molecular flexibility index (Phi) is 9.90. The molecule has 1 atom stereocenters. The minimum Gasteiger partial charge on any atom is -0.388 e. The lowest BCUT2D eigenvalue weighted by Gasteiger charge is -2.14. The molecule has 3 N–H and O–H groups in total. The average Bonchev–Trinajstić information content (AvgIpc) is 3.26. The fourth-order valence-corrected chi connectivity index (χ4v) is 3.76. The highest BCUT2D eigenvalue weighted by atomic mass is 127. The second-order valence-electron chi connectivity index (χ2n) is 8.01. The molecule has 1 heterocycles. The SMILES string of the molecule is CCNC(=NCc1ccc(Cn2cnc3ccccc32)cc1)NCCC(O)c1ccccc1.I. The Morgan fingerprint density at radius 1 is 0.941 bits per heavy atom. The van der Waals surface area contributed by atoms with Gasteiger partial charge in [-0.3, -0.25) is 0 Å². The number of para-hydroxylation sites is 2. The summed E-state index contributed by atoms with van der Waals surface area (Å²) in [6.07, 6.45) is 2.03. The number of hydrogen-bond acceptors (Lipinski definition) is 3. The molecule has 0 aliphatic heterocycles. The normalized spacial score (nSPS) is 12.2. The van der Waals surface area contributed by atoms with Crippen LogP contribution in [-0.2, 0) is 13.1 Å². The van der Waals surface area contributed by atoms with Crippen molar-refractivity contribution in [2.45, 2.75) is 32.5 Å². The van der Waals surface area contributed by atoms with Gasteiger partial charge in [-0.15, -0.1) is 24.0 Å². The van der Waals surface area contributed by atoms with Gasteiger partial charge in [0.25, 0.3) is 0 Å². The number of nitrogens with one attached hydrogen (secondary N) is 2. The zero-order valence-electron chi connectivity index (χ0n) is 19.4. The fraction of sp³-hybridized carbons (Fsp3) is 0.259. The van der Waals surface area contributed by atoms with E-state index in [1.807, 2.05) is 61.8 Å². The van der Waals surface area contributed by atoms with E-state index in [0.717, 1.165) is 41.2 Å². The number of halogens is 1. The molecule has 0 radical (unpaired) electrons. The summed E-state index contributed by atoms with van der Waals surface area (Å²) in [5, 5.41) is 16.9. The third-order valence-corrected chi connectivity index (χ3v) is 5.56. The molecule has 6 nitrogen and oxygen atoms in total. The Bertz CT molecular complexity index is 1170. The summed E-state index contributed by atoms with van der Waals surface area (Å²) >= 11 is 0. The molecule has 1 unspecified atom stereocenters. The van der Waals surface area contributed by atoms with Crippen LogP contribution in [0.15, 0.2) is 90.2 Å². The van der Waals surface area contributed by atoms with Crippen molar-refractivity contribution in [1.29, 1.82) is 0 Å². The molecular weight excluding hydrogens is 537 g/mol. The maximum absolute atomic E-state index is 10.3.